The Morgan fingerprint density at radius 1 is 1.52 bits per heavy atom. The summed E-state index contributed by atoms with van der Waals surface area (Å²) in [6.45, 7) is 6.22. The zero-order chi connectivity index (χ0) is 18.4. The van der Waals surface area contributed by atoms with Gasteiger partial charge in [-0.2, -0.15) is 0 Å². The molecule has 8 nitrogen and oxygen atoms in total. The second-order valence-electron chi connectivity index (χ2n) is 4.91. The molecule has 0 saturated carbocycles. The normalized spacial score (nSPS) is 10.5. The van der Waals surface area contributed by atoms with Crippen LogP contribution in [0.15, 0.2) is 36.0 Å². The van der Waals surface area contributed by atoms with Crippen LogP contribution < -0.4 is 5.32 Å². The summed E-state index contributed by atoms with van der Waals surface area (Å²) in [5.41, 5.74) is 0.0499. The summed E-state index contributed by atoms with van der Waals surface area (Å²) in [6, 6.07) is 3.87. The third kappa shape index (κ3) is 4.80. The summed E-state index contributed by atoms with van der Waals surface area (Å²) in [6.07, 6.45) is 2.45. The maximum absolute atomic E-state index is 12.1. The van der Waals surface area contributed by atoms with Gasteiger partial charge in [0.1, 0.15) is 5.82 Å². The van der Waals surface area contributed by atoms with Crippen molar-refractivity contribution in [1.82, 2.24) is 14.8 Å². The number of hydrogen-bond donors (Lipinski definition) is 1. The lowest BCUT2D eigenvalue weighted by Crippen LogP contribution is -2.15. The van der Waals surface area contributed by atoms with E-state index >= 15 is 0 Å². The van der Waals surface area contributed by atoms with E-state index in [1.54, 1.807) is 6.08 Å². The molecule has 0 aliphatic rings. The van der Waals surface area contributed by atoms with Gasteiger partial charge in [0, 0.05) is 25.1 Å². The summed E-state index contributed by atoms with van der Waals surface area (Å²) in [4.78, 5) is 22.4. The van der Waals surface area contributed by atoms with Gasteiger partial charge in [-0.15, -0.1) is 16.8 Å². The monoisotopic (exact) mass is 381 g/mol. The lowest BCUT2D eigenvalue weighted by molar-refractivity contribution is -0.384. The highest BCUT2D eigenvalue weighted by molar-refractivity contribution is 7.99. The van der Waals surface area contributed by atoms with Gasteiger partial charge in [0.05, 0.1) is 21.4 Å². The number of nitro groups is 1. The Labute approximate surface area is 153 Å². The van der Waals surface area contributed by atoms with E-state index in [0.29, 0.717) is 11.7 Å². The maximum atomic E-state index is 12.1. The van der Waals surface area contributed by atoms with Crippen LogP contribution in [0.1, 0.15) is 12.7 Å². The molecular weight excluding hydrogens is 366 g/mol. The van der Waals surface area contributed by atoms with Crippen LogP contribution in [0.5, 0.6) is 0 Å². The van der Waals surface area contributed by atoms with E-state index in [2.05, 4.69) is 22.1 Å². The van der Waals surface area contributed by atoms with E-state index in [0.717, 1.165) is 12.2 Å². The molecule has 1 aromatic carbocycles. The van der Waals surface area contributed by atoms with E-state index in [-0.39, 0.29) is 28.1 Å². The Balaban J connectivity index is 2.04. The molecule has 1 aromatic heterocycles. The lowest BCUT2D eigenvalue weighted by Gasteiger charge is -2.08. The number of rotatable bonds is 8. The van der Waals surface area contributed by atoms with Gasteiger partial charge < -0.3 is 9.88 Å². The summed E-state index contributed by atoms with van der Waals surface area (Å²) in [5, 5.41) is 22.4. The van der Waals surface area contributed by atoms with Gasteiger partial charge in [0.25, 0.3) is 5.69 Å². The second-order valence-corrected chi connectivity index (χ2v) is 6.26. The SMILES string of the molecule is C=CCn1c(CC)nnc1SCC(=O)Nc1cc([N+](=O)[O-])ccc1Cl. The van der Waals surface area contributed by atoms with Gasteiger partial charge in [-0.1, -0.05) is 36.4 Å². The average molecular weight is 382 g/mol. The van der Waals surface area contributed by atoms with Crippen LogP contribution in [-0.2, 0) is 17.8 Å². The molecule has 0 atom stereocenters. The number of thioether (sulfide) groups is 1. The number of benzene rings is 1. The first-order chi connectivity index (χ1) is 12.0. The lowest BCUT2D eigenvalue weighted by atomic mass is 10.3. The minimum atomic E-state index is -0.551. The highest BCUT2D eigenvalue weighted by Gasteiger charge is 2.15. The number of anilines is 1. The van der Waals surface area contributed by atoms with Gasteiger partial charge in [-0.25, -0.2) is 0 Å². The van der Waals surface area contributed by atoms with Crippen molar-refractivity contribution in [3.63, 3.8) is 0 Å². The topological polar surface area (TPSA) is 103 Å². The van der Waals surface area contributed by atoms with E-state index < -0.39 is 4.92 Å². The standard InChI is InChI=1S/C15H16ClN5O3S/c1-3-7-20-13(4-2)18-19-15(20)25-9-14(22)17-12-8-10(21(23)24)5-6-11(12)16/h3,5-6,8H,1,4,7,9H2,2H3,(H,17,22). The zero-order valence-electron chi connectivity index (χ0n) is 13.4. The Hall–Kier alpha value is -2.39. The van der Waals surface area contributed by atoms with E-state index in [1.165, 1.54) is 30.0 Å². The molecule has 1 amide bonds. The number of allylic oxidation sites excluding steroid dienone is 1. The van der Waals surface area contributed by atoms with Crippen LogP contribution in [-0.4, -0.2) is 31.3 Å². The molecule has 0 spiro atoms. The van der Waals surface area contributed by atoms with E-state index in [1.807, 2.05) is 11.5 Å². The number of aromatic nitrogens is 3. The number of carbonyl (C=O) groups excluding carboxylic acids is 1. The zero-order valence-corrected chi connectivity index (χ0v) is 15.0. The Kier molecular flexibility index (Phi) is 6.54. The van der Waals surface area contributed by atoms with Crippen LogP contribution in [0.2, 0.25) is 5.02 Å². The van der Waals surface area contributed by atoms with Gasteiger partial charge in [-0.05, 0) is 6.07 Å². The highest BCUT2D eigenvalue weighted by atomic mass is 35.5. The molecule has 25 heavy (non-hydrogen) atoms. The number of carbonyl (C=O) groups is 1. The molecule has 2 rings (SSSR count). The molecule has 10 heteroatoms. The summed E-state index contributed by atoms with van der Waals surface area (Å²) >= 11 is 7.19. The molecule has 0 aliphatic carbocycles. The van der Waals surface area contributed by atoms with Gasteiger partial charge in [0.2, 0.25) is 5.91 Å². The Bertz CT molecular complexity index is 808. The summed E-state index contributed by atoms with van der Waals surface area (Å²) in [5.74, 6) is 0.529. The minimum absolute atomic E-state index is 0.0675. The first-order valence-electron chi connectivity index (χ1n) is 7.35. The fourth-order valence-electron chi connectivity index (χ4n) is 2.04. The molecule has 1 heterocycles. The highest BCUT2D eigenvalue weighted by Crippen LogP contribution is 2.27. The van der Waals surface area contributed by atoms with E-state index in [4.69, 9.17) is 11.6 Å². The van der Waals surface area contributed by atoms with Gasteiger partial charge in [0.15, 0.2) is 5.16 Å². The predicted octanol–water partition coefficient (Wildman–Crippen LogP) is 3.32. The molecule has 0 aliphatic heterocycles. The Morgan fingerprint density at radius 2 is 2.28 bits per heavy atom. The average Bonchev–Trinajstić information content (AvgIpc) is 2.97. The first-order valence-corrected chi connectivity index (χ1v) is 8.72. The molecule has 0 radical (unpaired) electrons. The van der Waals surface area contributed by atoms with Crippen molar-refractivity contribution in [3.05, 3.63) is 51.8 Å². The third-order valence-electron chi connectivity index (χ3n) is 3.19. The molecule has 0 saturated heterocycles. The van der Waals surface area contributed by atoms with Crippen LogP contribution in [0, 0.1) is 10.1 Å². The van der Waals surface area contributed by atoms with Gasteiger partial charge >= 0.3 is 0 Å². The van der Waals surface area contributed by atoms with Crippen LogP contribution in [0.25, 0.3) is 0 Å². The van der Waals surface area contributed by atoms with Crippen molar-refractivity contribution in [2.75, 3.05) is 11.1 Å². The number of hydrogen-bond acceptors (Lipinski definition) is 6. The number of nitrogens with one attached hydrogen (secondary N) is 1. The molecule has 0 fully saturated rings. The van der Waals surface area contributed by atoms with Crippen molar-refractivity contribution in [1.29, 1.82) is 0 Å². The number of amides is 1. The molecule has 1 N–H and O–H groups in total. The second kappa shape index (κ2) is 8.63. The van der Waals surface area contributed by atoms with Crippen molar-refractivity contribution in [3.8, 4) is 0 Å². The largest absolute Gasteiger partial charge is 0.324 e. The van der Waals surface area contributed by atoms with Crippen molar-refractivity contribution in [2.45, 2.75) is 25.0 Å². The third-order valence-corrected chi connectivity index (χ3v) is 4.48. The predicted molar refractivity (Wildman–Crippen MR) is 97.1 cm³/mol. The quantitative estimate of drug-likeness (QED) is 0.325. The smallest absolute Gasteiger partial charge is 0.271 e. The molecular formula is C15H16ClN5O3S. The Morgan fingerprint density at radius 3 is 2.92 bits per heavy atom. The van der Waals surface area contributed by atoms with Crippen LogP contribution in [0.4, 0.5) is 11.4 Å². The molecule has 0 unspecified atom stereocenters. The van der Waals surface area contributed by atoms with Crippen LogP contribution in [0.3, 0.4) is 0 Å². The maximum Gasteiger partial charge on any atom is 0.271 e. The number of halogens is 1. The number of nitro benzene ring substituents is 1. The van der Waals surface area contributed by atoms with Crippen LogP contribution >= 0.6 is 23.4 Å². The summed E-state index contributed by atoms with van der Waals surface area (Å²) in [7, 11) is 0. The minimum Gasteiger partial charge on any atom is -0.324 e. The number of aryl methyl sites for hydroxylation is 1. The van der Waals surface area contributed by atoms with E-state index in [9.17, 15) is 14.9 Å². The fourth-order valence-corrected chi connectivity index (χ4v) is 2.97. The molecule has 2 aromatic rings. The number of nitrogens with zero attached hydrogens (tertiary/aromatic N) is 4. The molecule has 132 valence electrons. The van der Waals surface area contributed by atoms with Crippen molar-refractivity contribution >= 4 is 40.6 Å². The first kappa shape index (κ1) is 18.9. The number of non-ortho nitro benzene ring substituents is 1. The molecule has 0 bridgehead atoms. The van der Waals surface area contributed by atoms with Crippen molar-refractivity contribution in [2.24, 2.45) is 0 Å². The fraction of sp³-hybridized carbons (Fsp3) is 0.267. The van der Waals surface area contributed by atoms with Gasteiger partial charge in [-0.3, -0.25) is 14.9 Å². The van der Waals surface area contributed by atoms with Crippen molar-refractivity contribution < 1.29 is 9.72 Å². The summed E-state index contributed by atoms with van der Waals surface area (Å²) < 4.78 is 1.88.